The number of thiazole rings is 1. The van der Waals surface area contributed by atoms with Gasteiger partial charge in [-0.15, -0.1) is 13.2 Å². The molecule has 0 saturated carbocycles. The Hall–Kier alpha value is -3.01. The second-order valence-electron chi connectivity index (χ2n) is 7.32. The molecule has 2 heterocycles. The minimum atomic E-state index is -3.71. The molecule has 2 aromatic carbocycles. The van der Waals surface area contributed by atoms with E-state index >= 15 is 0 Å². The predicted molar refractivity (Wildman–Crippen MR) is 127 cm³/mol. The van der Waals surface area contributed by atoms with Crippen molar-refractivity contribution in [2.75, 3.05) is 31.1 Å². The van der Waals surface area contributed by atoms with Crippen LogP contribution in [0, 0.1) is 0 Å². The van der Waals surface area contributed by atoms with E-state index < -0.39 is 16.0 Å². The third kappa shape index (κ3) is 4.45. The number of hydrogen-bond acceptors (Lipinski definition) is 7. The molecule has 166 valence electrons. The number of rotatable bonds is 9. The summed E-state index contributed by atoms with van der Waals surface area (Å²) in [5, 5.41) is 0.914. The zero-order chi connectivity index (χ0) is 22.7. The molecule has 0 unspecified atom stereocenters. The zero-order valence-corrected chi connectivity index (χ0v) is 19.0. The fraction of sp³-hybridized carbons (Fsp3) is 0.217. The van der Waals surface area contributed by atoms with Crippen molar-refractivity contribution in [3.63, 3.8) is 0 Å². The maximum absolute atomic E-state index is 12.8. The van der Waals surface area contributed by atoms with Gasteiger partial charge in [-0.2, -0.15) is 4.31 Å². The highest BCUT2D eigenvalue weighted by Gasteiger charge is 2.32. The van der Waals surface area contributed by atoms with Gasteiger partial charge in [0.15, 0.2) is 5.13 Å². The molecule has 0 bridgehead atoms. The molecule has 1 aliphatic heterocycles. The van der Waals surface area contributed by atoms with Crippen molar-refractivity contribution in [1.82, 2.24) is 9.29 Å². The van der Waals surface area contributed by atoms with Crippen molar-refractivity contribution in [3.8, 4) is 0 Å². The highest BCUT2D eigenvalue weighted by Crippen LogP contribution is 2.32. The van der Waals surface area contributed by atoms with Crippen LogP contribution in [0.1, 0.15) is 10.4 Å². The van der Waals surface area contributed by atoms with Gasteiger partial charge in [0.25, 0.3) is 0 Å². The van der Waals surface area contributed by atoms with Crippen molar-refractivity contribution in [1.29, 1.82) is 0 Å². The van der Waals surface area contributed by atoms with Crippen LogP contribution in [0.15, 0.2) is 78.7 Å². The molecule has 32 heavy (non-hydrogen) atoms. The maximum atomic E-state index is 12.8. The van der Waals surface area contributed by atoms with E-state index in [1.165, 1.54) is 40.7 Å². The lowest BCUT2D eigenvalue weighted by Crippen LogP contribution is -2.53. The Balaban J connectivity index is 1.36. The number of benzene rings is 2. The number of anilines is 1. The molecule has 0 N–H and O–H groups in total. The summed E-state index contributed by atoms with van der Waals surface area (Å²) >= 11 is 1.61. The van der Waals surface area contributed by atoms with Crippen LogP contribution in [0.5, 0.6) is 0 Å². The van der Waals surface area contributed by atoms with Crippen LogP contribution in [-0.2, 0) is 14.8 Å². The van der Waals surface area contributed by atoms with Crippen molar-refractivity contribution in [2.24, 2.45) is 0 Å². The van der Waals surface area contributed by atoms with Gasteiger partial charge in [0.05, 0.1) is 33.8 Å². The Kier molecular flexibility index (Phi) is 6.40. The van der Waals surface area contributed by atoms with Crippen molar-refractivity contribution in [3.05, 3.63) is 79.4 Å². The summed E-state index contributed by atoms with van der Waals surface area (Å²) in [6.07, 6.45) is 2.81. The molecule has 0 atom stereocenters. The van der Waals surface area contributed by atoms with Crippen molar-refractivity contribution in [2.45, 2.75) is 11.0 Å². The predicted octanol–water partition coefficient (Wildman–Crippen LogP) is 3.70. The average Bonchev–Trinajstić information content (AvgIpc) is 3.19. The number of nitrogens with zero attached hydrogens (tertiary/aromatic N) is 3. The molecular formula is C23H23N3O4S2. The molecule has 7 nitrogen and oxygen atoms in total. The molecule has 1 saturated heterocycles. The van der Waals surface area contributed by atoms with Crippen LogP contribution in [0.2, 0.25) is 0 Å². The fourth-order valence-corrected chi connectivity index (χ4v) is 5.72. The zero-order valence-electron chi connectivity index (χ0n) is 17.4. The van der Waals surface area contributed by atoms with Gasteiger partial charge < -0.3 is 9.64 Å². The van der Waals surface area contributed by atoms with Crippen LogP contribution < -0.4 is 4.90 Å². The Bertz CT molecular complexity index is 1200. The van der Waals surface area contributed by atoms with Gasteiger partial charge in [0, 0.05) is 13.1 Å². The van der Waals surface area contributed by atoms with Crippen LogP contribution in [0.4, 0.5) is 5.13 Å². The van der Waals surface area contributed by atoms with E-state index in [2.05, 4.69) is 23.0 Å². The molecule has 9 heteroatoms. The minimum Gasteiger partial charge on any atom is -0.455 e. The summed E-state index contributed by atoms with van der Waals surface area (Å²) in [6, 6.07) is 13.7. The van der Waals surface area contributed by atoms with Gasteiger partial charge in [-0.25, -0.2) is 18.2 Å². The summed E-state index contributed by atoms with van der Waals surface area (Å²) in [4.78, 5) is 19.3. The number of hydrogen-bond donors (Lipinski definition) is 0. The lowest BCUT2D eigenvalue weighted by molar-refractivity contribution is 0.0234. The monoisotopic (exact) mass is 469 g/mol. The van der Waals surface area contributed by atoms with E-state index in [9.17, 15) is 13.2 Å². The number of sulfonamides is 1. The SMILES string of the molecule is C=CCN(CC=C)S(=O)(=O)c1ccc(C(=O)OC2CN(c3nc4ccccc4s3)C2)cc1. The minimum absolute atomic E-state index is 0.100. The Labute approximate surface area is 191 Å². The Morgan fingerprint density at radius 3 is 2.41 bits per heavy atom. The topological polar surface area (TPSA) is 79.8 Å². The molecule has 4 rings (SSSR count). The first-order chi connectivity index (χ1) is 15.4. The molecular weight excluding hydrogens is 446 g/mol. The van der Waals surface area contributed by atoms with Gasteiger partial charge in [-0.05, 0) is 36.4 Å². The summed E-state index contributed by atoms with van der Waals surface area (Å²) < 4.78 is 33.5. The lowest BCUT2D eigenvalue weighted by Gasteiger charge is -2.38. The van der Waals surface area contributed by atoms with Gasteiger partial charge in [0.1, 0.15) is 6.10 Å². The van der Waals surface area contributed by atoms with E-state index in [1.807, 2.05) is 24.3 Å². The summed E-state index contributed by atoms with van der Waals surface area (Å²) in [5.74, 6) is -0.475. The molecule has 0 aliphatic carbocycles. The molecule has 0 spiro atoms. The standard InChI is InChI=1S/C23H23N3O4S2/c1-3-13-26(14-4-2)32(28,29)19-11-9-17(10-12-19)22(27)30-18-15-25(16-18)23-24-20-7-5-6-8-21(20)31-23/h3-12,18H,1-2,13-16H2. The largest absolute Gasteiger partial charge is 0.455 e. The van der Waals surface area contributed by atoms with Crippen LogP contribution in [0.25, 0.3) is 10.2 Å². The fourth-order valence-electron chi connectivity index (χ4n) is 3.35. The summed E-state index contributed by atoms with van der Waals surface area (Å²) in [7, 11) is -3.71. The maximum Gasteiger partial charge on any atom is 0.338 e. The molecule has 0 radical (unpaired) electrons. The molecule has 1 aliphatic rings. The van der Waals surface area contributed by atoms with Crippen molar-refractivity contribution >= 4 is 42.7 Å². The third-order valence-electron chi connectivity index (χ3n) is 5.07. The van der Waals surface area contributed by atoms with Gasteiger partial charge >= 0.3 is 5.97 Å². The highest BCUT2D eigenvalue weighted by atomic mass is 32.2. The second kappa shape index (κ2) is 9.23. The highest BCUT2D eigenvalue weighted by molar-refractivity contribution is 7.89. The number of aromatic nitrogens is 1. The van der Waals surface area contributed by atoms with E-state index in [0.29, 0.717) is 18.7 Å². The first-order valence-corrected chi connectivity index (χ1v) is 12.3. The third-order valence-corrected chi connectivity index (χ3v) is 8.01. The van der Waals surface area contributed by atoms with Gasteiger partial charge in [-0.1, -0.05) is 35.6 Å². The number of carbonyl (C=O) groups excluding carboxylic acids is 1. The van der Waals surface area contributed by atoms with Gasteiger partial charge in [0.2, 0.25) is 10.0 Å². The quantitative estimate of drug-likeness (QED) is 0.351. The lowest BCUT2D eigenvalue weighted by atomic mass is 10.2. The summed E-state index contributed by atoms with van der Waals surface area (Å²) in [5.41, 5.74) is 1.27. The van der Waals surface area contributed by atoms with E-state index in [4.69, 9.17) is 4.74 Å². The number of para-hydroxylation sites is 1. The van der Waals surface area contributed by atoms with Crippen LogP contribution in [-0.4, -0.2) is 56.0 Å². The molecule has 1 fully saturated rings. The number of carbonyl (C=O) groups is 1. The first-order valence-electron chi connectivity index (χ1n) is 10.1. The second-order valence-corrected chi connectivity index (χ2v) is 10.3. The Morgan fingerprint density at radius 2 is 1.78 bits per heavy atom. The normalized spacial score (nSPS) is 14.3. The molecule has 1 aromatic heterocycles. The van der Waals surface area contributed by atoms with E-state index in [1.54, 1.807) is 11.3 Å². The van der Waals surface area contributed by atoms with E-state index in [-0.39, 0.29) is 24.1 Å². The van der Waals surface area contributed by atoms with Crippen molar-refractivity contribution < 1.29 is 17.9 Å². The number of esters is 1. The van der Waals surface area contributed by atoms with Gasteiger partial charge in [-0.3, -0.25) is 0 Å². The molecule has 0 amide bonds. The first kappa shape index (κ1) is 22.2. The Morgan fingerprint density at radius 1 is 1.12 bits per heavy atom. The van der Waals surface area contributed by atoms with Crippen LogP contribution in [0.3, 0.4) is 0 Å². The van der Waals surface area contributed by atoms with Crippen LogP contribution >= 0.6 is 11.3 Å². The molecule has 3 aromatic rings. The smallest absolute Gasteiger partial charge is 0.338 e. The van der Waals surface area contributed by atoms with E-state index in [0.717, 1.165) is 15.3 Å². The number of fused-ring (bicyclic) bond motifs is 1. The number of ether oxygens (including phenoxy) is 1. The average molecular weight is 470 g/mol. The summed E-state index contributed by atoms with van der Waals surface area (Å²) in [6.45, 7) is 8.69.